The first-order valence-corrected chi connectivity index (χ1v) is 14.4. The molecule has 0 aromatic rings. The van der Waals surface area contributed by atoms with E-state index >= 15 is 0 Å². The minimum Gasteiger partial charge on any atom is -0.469 e. The summed E-state index contributed by atoms with van der Waals surface area (Å²) >= 11 is 0. The van der Waals surface area contributed by atoms with Gasteiger partial charge < -0.3 is 39.0 Å². The van der Waals surface area contributed by atoms with E-state index in [1.54, 1.807) is 13.0 Å². The summed E-state index contributed by atoms with van der Waals surface area (Å²) in [6.07, 6.45) is 2.52. The van der Waals surface area contributed by atoms with E-state index in [0.717, 1.165) is 0 Å². The Balaban J connectivity index is 0.00000316. The van der Waals surface area contributed by atoms with Crippen molar-refractivity contribution in [2.24, 2.45) is 35.0 Å². The molecule has 12 nitrogen and oxygen atoms in total. The fourth-order valence-electron chi connectivity index (χ4n) is 9.56. The van der Waals surface area contributed by atoms with Gasteiger partial charge in [-0.1, -0.05) is 13.8 Å². The Morgan fingerprint density at radius 1 is 1.14 bits per heavy atom. The molecule has 0 radical (unpaired) electrons. The van der Waals surface area contributed by atoms with Crippen LogP contribution in [0, 0.1) is 35.0 Å². The molecule has 6 aliphatic heterocycles. The van der Waals surface area contributed by atoms with Gasteiger partial charge in [0.1, 0.15) is 17.8 Å². The number of carbonyl (C=O) groups is 4. The lowest BCUT2D eigenvalue weighted by Gasteiger charge is -2.52. The number of aliphatic hydroxyl groups is 1. The van der Waals surface area contributed by atoms with Gasteiger partial charge in [0.15, 0.2) is 5.60 Å². The first kappa shape index (κ1) is 29.3. The van der Waals surface area contributed by atoms with Crippen LogP contribution in [0.1, 0.15) is 60.3 Å². The number of hydrogen-bond acceptors (Lipinski definition) is 11. The number of esters is 4. The fourth-order valence-corrected chi connectivity index (χ4v) is 9.56. The molecule has 3 N–H and O–H groups in total. The Bertz CT molecular complexity index is 1350. The van der Waals surface area contributed by atoms with Crippen LogP contribution in [0.3, 0.4) is 0 Å². The van der Waals surface area contributed by atoms with Crippen LogP contribution in [0.4, 0.5) is 0 Å². The van der Waals surface area contributed by atoms with Gasteiger partial charge in [0.2, 0.25) is 5.60 Å². The Morgan fingerprint density at radius 2 is 1.86 bits per heavy atom. The molecule has 6 fully saturated rings. The Kier molecular flexibility index (Phi) is 6.03. The van der Waals surface area contributed by atoms with E-state index < -0.39 is 81.8 Å². The van der Waals surface area contributed by atoms with Crippen molar-refractivity contribution in [2.75, 3.05) is 7.11 Å². The third-order valence-electron chi connectivity index (χ3n) is 11.3. The third kappa shape index (κ3) is 3.26. The smallest absolute Gasteiger partial charge is 0.339 e. The number of fused-ring (bicyclic) bond motifs is 4. The summed E-state index contributed by atoms with van der Waals surface area (Å²) in [6.45, 7) is 9.39. The highest BCUT2D eigenvalue weighted by Gasteiger charge is 2.90. The van der Waals surface area contributed by atoms with Gasteiger partial charge in [-0.3, -0.25) is 14.4 Å². The molecule has 11 atom stereocenters. The number of methoxy groups -OCH3 is 1. The molecule has 0 unspecified atom stereocenters. The molecular formula is C30H38O12. The lowest BCUT2D eigenvalue weighted by atomic mass is 9.65. The quantitative estimate of drug-likeness (QED) is 0.370. The molecule has 2 bridgehead atoms. The minimum absolute atomic E-state index is 0. The maximum atomic E-state index is 14.0. The van der Waals surface area contributed by atoms with E-state index in [4.69, 9.17) is 28.4 Å². The van der Waals surface area contributed by atoms with E-state index in [1.807, 2.05) is 33.8 Å². The van der Waals surface area contributed by atoms with Crippen molar-refractivity contribution in [3.63, 3.8) is 0 Å². The summed E-state index contributed by atoms with van der Waals surface area (Å²) < 4.78 is 35.4. The molecular weight excluding hydrogens is 552 g/mol. The maximum Gasteiger partial charge on any atom is 0.339 e. The molecule has 230 valence electrons. The average Bonchev–Trinajstić information content (AvgIpc) is 2.97. The van der Waals surface area contributed by atoms with Crippen molar-refractivity contribution < 1.29 is 58.2 Å². The SMILES string of the molecule is COC(=O)[C@@H]1[C@@H]2C[C@H]3C(C)(C)O[C@@H]4CC(=O)O[C@@]43[C@@](O)(O2)[C@@]12CC[C@]1(C)[C@H]([C@H](C)/C=C3\C=C(C)C(=O)O3)[C@@H]1C(=O)O2.O. The Labute approximate surface area is 243 Å². The van der Waals surface area contributed by atoms with Gasteiger partial charge >= 0.3 is 23.9 Å². The summed E-state index contributed by atoms with van der Waals surface area (Å²) in [7, 11) is 1.25. The predicted octanol–water partition coefficient (Wildman–Crippen LogP) is 1.27. The van der Waals surface area contributed by atoms with Gasteiger partial charge in [-0.15, -0.1) is 0 Å². The van der Waals surface area contributed by atoms with Gasteiger partial charge in [-0.2, -0.15) is 0 Å². The summed E-state index contributed by atoms with van der Waals surface area (Å²) in [5, 5.41) is 12.7. The van der Waals surface area contributed by atoms with Crippen LogP contribution >= 0.6 is 0 Å². The monoisotopic (exact) mass is 590 g/mol. The molecule has 0 aromatic carbocycles. The molecule has 1 saturated carbocycles. The molecule has 42 heavy (non-hydrogen) atoms. The largest absolute Gasteiger partial charge is 0.469 e. The number of rotatable bonds is 3. The maximum absolute atomic E-state index is 14.0. The van der Waals surface area contributed by atoms with Crippen molar-refractivity contribution in [3.8, 4) is 0 Å². The number of hydrogen-bond donors (Lipinski definition) is 1. The Hall–Kier alpha value is -2.80. The minimum atomic E-state index is -2.33. The zero-order chi connectivity index (χ0) is 29.5. The number of allylic oxidation sites excluding steroid dienone is 2. The summed E-state index contributed by atoms with van der Waals surface area (Å²) in [5.74, 6) is -6.42. The summed E-state index contributed by atoms with van der Waals surface area (Å²) in [6, 6.07) is 0. The molecule has 5 saturated heterocycles. The fraction of sp³-hybridized carbons (Fsp3) is 0.733. The van der Waals surface area contributed by atoms with Crippen molar-refractivity contribution in [2.45, 2.75) is 95.1 Å². The molecule has 0 amide bonds. The van der Waals surface area contributed by atoms with Crippen LogP contribution in [-0.4, -0.2) is 76.4 Å². The highest BCUT2D eigenvalue weighted by atomic mass is 16.7. The third-order valence-corrected chi connectivity index (χ3v) is 11.3. The van der Waals surface area contributed by atoms with Crippen molar-refractivity contribution in [1.29, 1.82) is 0 Å². The second-order valence-electron chi connectivity index (χ2n) is 13.7. The van der Waals surface area contributed by atoms with Crippen LogP contribution in [0.2, 0.25) is 0 Å². The second kappa shape index (κ2) is 8.64. The van der Waals surface area contributed by atoms with E-state index in [1.165, 1.54) is 7.11 Å². The molecule has 7 rings (SSSR count). The number of carbonyl (C=O) groups excluding carboxylic acids is 4. The van der Waals surface area contributed by atoms with Crippen molar-refractivity contribution in [3.05, 3.63) is 23.5 Å². The van der Waals surface area contributed by atoms with Gasteiger partial charge in [0, 0.05) is 11.5 Å². The summed E-state index contributed by atoms with van der Waals surface area (Å²) in [4.78, 5) is 52.0. The van der Waals surface area contributed by atoms with Gasteiger partial charge in [0.25, 0.3) is 5.79 Å². The van der Waals surface area contributed by atoms with Gasteiger partial charge in [0.05, 0.1) is 31.2 Å². The van der Waals surface area contributed by atoms with E-state index in [0.29, 0.717) is 17.8 Å². The van der Waals surface area contributed by atoms with E-state index in [9.17, 15) is 24.3 Å². The first-order chi connectivity index (χ1) is 19.1. The van der Waals surface area contributed by atoms with Gasteiger partial charge in [-0.05, 0) is 69.4 Å². The normalized spacial score (nSPS) is 49.1. The molecule has 12 heteroatoms. The van der Waals surface area contributed by atoms with Crippen LogP contribution in [0.5, 0.6) is 0 Å². The molecule has 2 spiro atoms. The number of cyclic esters (lactones) is 1. The predicted molar refractivity (Wildman–Crippen MR) is 140 cm³/mol. The van der Waals surface area contributed by atoms with Crippen LogP contribution < -0.4 is 0 Å². The van der Waals surface area contributed by atoms with E-state index in [2.05, 4.69) is 0 Å². The highest BCUT2D eigenvalue weighted by Crippen LogP contribution is 2.73. The van der Waals surface area contributed by atoms with Crippen LogP contribution in [0.25, 0.3) is 0 Å². The summed E-state index contributed by atoms with van der Waals surface area (Å²) in [5.41, 5.74) is -4.32. The average molecular weight is 591 g/mol. The zero-order valence-electron chi connectivity index (χ0n) is 24.6. The molecule has 7 aliphatic rings. The van der Waals surface area contributed by atoms with E-state index in [-0.39, 0.29) is 36.6 Å². The van der Waals surface area contributed by atoms with Crippen molar-refractivity contribution >= 4 is 23.9 Å². The van der Waals surface area contributed by atoms with Gasteiger partial charge in [-0.25, -0.2) is 4.79 Å². The lowest BCUT2D eigenvalue weighted by Crippen LogP contribution is -2.74. The van der Waals surface area contributed by atoms with Crippen LogP contribution in [-0.2, 0) is 47.6 Å². The lowest BCUT2D eigenvalue weighted by molar-refractivity contribution is -0.369. The van der Waals surface area contributed by atoms with Crippen molar-refractivity contribution in [1.82, 2.24) is 0 Å². The topological polar surface area (TPSA) is 175 Å². The number of ether oxygens (including phenoxy) is 6. The molecule has 6 heterocycles. The molecule has 0 aromatic heterocycles. The molecule has 1 aliphatic carbocycles. The first-order valence-electron chi connectivity index (χ1n) is 14.4. The van der Waals surface area contributed by atoms with Crippen LogP contribution in [0.15, 0.2) is 23.5 Å². The highest BCUT2D eigenvalue weighted by molar-refractivity contribution is 5.92. The zero-order valence-corrected chi connectivity index (χ0v) is 24.6. The Morgan fingerprint density at radius 3 is 2.50 bits per heavy atom. The standard InChI is InChI=1S/C30H36O11.H2O/c1-13(9-15-10-14(2)23(32)37-15)20-22-25(34)41-28(8-7-27(20,22)5)21(24(33)36-6)16-11-17-26(3,4)39-18-12-19(31)40-29(17,18)30(28,35)38-16;/h9-10,13,16-18,20-22,35H,7-8,11-12H2,1-6H3;1H2/b15-9+;/t13-,16+,17+,18-,20-,21+,22-,27-,28-,29-,30+;/m1./s1. The second-order valence-corrected chi connectivity index (χ2v) is 13.7.